The molecule has 0 saturated carbocycles. The largest absolute Gasteiger partial charge is 0.462 e. The van der Waals surface area contributed by atoms with Gasteiger partial charge in [-0.25, -0.2) is 9.69 Å². The molecule has 6 nitrogen and oxygen atoms in total. The van der Waals surface area contributed by atoms with Crippen molar-refractivity contribution >= 4 is 35.2 Å². The van der Waals surface area contributed by atoms with Crippen LogP contribution in [0.4, 0.5) is 5.69 Å². The van der Waals surface area contributed by atoms with E-state index in [4.69, 9.17) is 4.74 Å². The average Bonchev–Trinajstić information content (AvgIpc) is 2.98. The molecule has 2 aliphatic heterocycles. The van der Waals surface area contributed by atoms with Crippen LogP contribution in [0.1, 0.15) is 48.5 Å². The van der Waals surface area contributed by atoms with Gasteiger partial charge < -0.3 is 9.64 Å². The van der Waals surface area contributed by atoms with Crippen LogP contribution >= 0.6 is 11.8 Å². The van der Waals surface area contributed by atoms with Crippen molar-refractivity contribution in [1.82, 2.24) is 4.90 Å². The number of anilines is 1. The molecule has 0 unspecified atom stereocenters. The van der Waals surface area contributed by atoms with Crippen molar-refractivity contribution in [2.75, 3.05) is 24.6 Å². The summed E-state index contributed by atoms with van der Waals surface area (Å²) in [6.07, 6.45) is 4.18. The molecule has 2 aliphatic rings. The van der Waals surface area contributed by atoms with Crippen LogP contribution in [0, 0.1) is 6.92 Å². The number of imide groups is 1. The smallest absolute Gasteiger partial charge is 0.340 e. The van der Waals surface area contributed by atoms with Crippen LogP contribution in [0.3, 0.4) is 0 Å². The van der Waals surface area contributed by atoms with Crippen LogP contribution in [0.15, 0.2) is 64.0 Å². The maximum absolute atomic E-state index is 13.8. The topological polar surface area (TPSA) is 66.9 Å². The lowest BCUT2D eigenvalue weighted by molar-refractivity contribution is -0.121. The second-order valence-electron chi connectivity index (χ2n) is 8.18. The molecule has 7 heteroatoms. The lowest BCUT2D eigenvalue weighted by atomic mass is 10.1. The Hall–Kier alpha value is -3.06. The number of ether oxygens (including phenoxy) is 1. The third kappa shape index (κ3) is 4.83. The zero-order chi connectivity index (χ0) is 23.4. The molecule has 0 spiro atoms. The molecule has 2 heterocycles. The van der Waals surface area contributed by atoms with E-state index < -0.39 is 11.9 Å². The molecule has 0 radical (unpaired) electrons. The van der Waals surface area contributed by atoms with E-state index in [1.54, 1.807) is 31.2 Å². The van der Waals surface area contributed by atoms with Crippen LogP contribution in [-0.2, 0) is 14.3 Å². The maximum Gasteiger partial charge on any atom is 0.340 e. The molecule has 0 N–H and O–H groups in total. The Kier molecular flexibility index (Phi) is 7.18. The number of carbonyl (C=O) groups excluding carboxylic acids is 3. The van der Waals surface area contributed by atoms with Gasteiger partial charge in [0.15, 0.2) is 0 Å². The Bertz CT molecular complexity index is 1090. The predicted octanol–water partition coefficient (Wildman–Crippen LogP) is 4.92. The molecule has 0 aromatic heterocycles. The van der Waals surface area contributed by atoms with Crippen LogP contribution in [-0.4, -0.2) is 42.4 Å². The highest BCUT2D eigenvalue weighted by molar-refractivity contribution is 8.04. The van der Waals surface area contributed by atoms with Gasteiger partial charge in [-0.1, -0.05) is 54.4 Å². The third-order valence-electron chi connectivity index (χ3n) is 5.82. The number of thioether (sulfide) groups is 1. The summed E-state index contributed by atoms with van der Waals surface area (Å²) >= 11 is 1.31. The van der Waals surface area contributed by atoms with Gasteiger partial charge in [0.25, 0.3) is 11.8 Å². The fourth-order valence-electron chi connectivity index (χ4n) is 4.16. The lowest BCUT2D eigenvalue weighted by Gasteiger charge is -2.24. The molecule has 2 aromatic carbocycles. The Morgan fingerprint density at radius 3 is 2.27 bits per heavy atom. The highest BCUT2D eigenvalue weighted by Gasteiger charge is 2.43. The summed E-state index contributed by atoms with van der Waals surface area (Å²) in [4.78, 5) is 44.5. The third-order valence-corrected chi connectivity index (χ3v) is 6.90. The van der Waals surface area contributed by atoms with Crippen LogP contribution in [0.5, 0.6) is 0 Å². The Morgan fingerprint density at radius 1 is 0.939 bits per heavy atom. The number of aryl methyl sites for hydroxylation is 1. The molecule has 2 amide bonds. The van der Waals surface area contributed by atoms with Gasteiger partial charge in [-0.3, -0.25) is 9.59 Å². The van der Waals surface area contributed by atoms with Gasteiger partial charge in [0, 0.05) is 18.0 Å². The first-order valence-corrected chi connectivity index (χ1v) is 12.2. The van der Waals surface area contributed by atoms with Gasteiger partial charge in [0.05, 0.1) is 17.9 Å². The highest BCUT2D eigenvalue weighted by atomic mass is 32.2. The van der Waals surface area contributed by atoms with E-state index >= 15 is 0 Å². The number of hydrogen-bond donors (Lipinski definition) is 0. The highest BCUT2D eigenvalue weighted by Crippen LogP contribution is 2.40. The van der Waals surface area contributed by atoms with Crippen molar-refractivity contribution in [3.05, 3.63) is 70.3 Å². The van der Waals surface area contributed by atoms with E-state index in [-0.39, 0.29) is 23.8 Å². The molecule has 0 atom stereocenters. The Morgan fingerprint density at radius 2 is 1.61 bits per heavy atom. The quantitative estimate of drug-likeness (QED) is 0.446. The standard InChI is InChI=1S/C26H28N2O4S/c1-3-32-26(31)20-10-6-7-11-21(20)28-24(29)22(27-16-8-4-5-9-17-27)23(25(28)30)33-19-14-12-18(2)13-15-19/h6-7,10-15H,3-5,8-9,16-17H2,1-2H3. The maximum atomic E-state index is 13.8. The van der Waals surface area contributed by atoms with Crippen molar-refractivity contribution in [2.45, 2.75) is 44.4 Å². The first-order valence-electron chi connectivity index (χ1n) is 11.4. The minimum Gasteiger partial charge on any atom is -0.462 e. The van der Waals surface area contributed by atoms with Crippen molar-refractivity contribution in [3.63, 3.8) is 0 Å². The number of benzene rings is 2. The van der Waals surface area contributed by atoms with Gasteiger partial charge in [0.1, 0.15) is 10.6 Å². The summed E-state index contributed by atoms with van der Waals surface area (Å²) in [5.74, 6) is -1.33. The van der Waals surface area contributed by atoms with Gasteiger partial charge in [-0.15, -0.1) is 0 Å². The van der Waals surface area contributed by atoms with Crippen molar-refractivity contribution in [1.29, 1.82) is 0 Å². The molecular formula is C26H28N2O4S. The molecule has 0 bridgehead atoms. The number of carbonyl (C=O) groups is 3. The molecule has 172 valence electrons. The van der Waals surface area contributed by atoms with Crippen molar-refractivity contribution in [3.8, 4) is 0 Å². The summed E-state index contributed by atoms with van der Waals surface area (Å²) in [6, 6.07) is 14.5. The first kappa shape index (κ1) is 23.1. The molecule has 33 heavy (non-hydrogen) atoms. The second kappa shape index (κ2) is 10.3. The zero-order valence-corrected chi connectivity index (χ0v) is 19.8. The van der Waals surface area contributed by atoms with Crippen LogP contribution < -0.4 is 4.90 Å². The van der Waals surface area contributed by atoms with Gasteiger partial charge in [-0.05, 0) is 51.0 Å². The summed E-state index contributed by atoms with van der Waals surface area (Å²) in [5, 5.41) is 0. The molecular weight excluding hydrogens is 436 g/mol. The van der Waals surface area contributed by atoms with E-state index in [0.29, 0.717) is 10.6 Å². The minimum absolute atomic E-state index is 0.206. The summed E-state index contributed by atoms with van der Waals surface area (Å²) in [6.45, 7) is 5.41. The second-order valence-corrected chi connectivity index (χ2v) is 9.26. The number of esters is 1. The number of nitrogens with zero attached hydrogens (tertiary/aromatic N) is 2. The van der Waals surface area contributed by atoms with Crippen molar-refractivity contribution in [2.24, 2.45) is 0 Å². The number of rotatable bonds is 6. The van der Waals surface area contributed by atoms with Crippen molar-refractivity contribution < 1.29 is 19.1 Å². The Balaban J connectivity index is 1.76. The summed E-state index contributed by atoms with van der Waals surface area (Å²) < 4.78 is 5.17. The monoisotopic (exact) mass is 464 g/mol. The minimum atomic E-state index is -0.551. The predicted molar refractivity (Wildman–Crippen MR) is 129 cm³/mol. The zero-order valence-electron chi connectivity index (χ0n) is 19.0. The SMILES string of the molecule is CCOC(=O)c1ccccc1N1C(=O)C(Sc2ccc(C)cc2)=C(N2CCCCCC2)C1=O. The van der Waals surface area contributed by atoms with E-state index in [2.05, 4.69) is 4.90 Å². The van der Waals surface area contributed by atoms with Gasteiger partial charge in [0.2, 0.25) is 0 Å². The fraction of sp³-hybridized carbons (Fsp3) is 0.346. The van der Waals surface area contributed by atoms with Gasteiger partial charge >= 0.3 is 5.97 Å². The average molecular weight is 465 g/mol. The van der Waals surface area contributed by atoms with E-state index in [1.165, 1.54) is 11.8 Å². The molecule has 4 rings (SSSR count). The van der Waals surface area contributed by atoms with E-state index in [9.17, 15) is 14.4 Å². The first-order chi connectivity index (χ1) is 16.0. The fourth-order valence-corrected chi connectivity index (χ4v) is 5.16. The lowest BCUT2D eigenvalue weighted by Crippen LogP contribution is -2.36. The number of likely N-dealkylation sites (tertiary alicyclic amines) is 1. The normalized spacial score (nSPS) is 16.9. The Labute approximate surface area is 198 Å². The van der Waals surface area contributed by atoms with Crippen LogP contribution in [0.25, 0.3) is 0 Å². The number of para-hydroxylation sites is 1. The van der Waals surface area contributed by atoms with E-state index in [0.717, 1.165) is 54.1 Å². The molecule has 2 aromatic rings. The molecule has 1 saturated heterocycles. The number of hydrogen-bond acceptors (Lipinski definition) is 6. The van der Waals surface area contributed by atoms with E-state index in [1.807, 2.05) is 31.2 Å². The molecule has 0 aliphatic carbocycles. The van der Waals surface area contributed by atoms with Crippen LogP contribution in [0.2, 0.25) is 0 Å². The van der Waals surface area contributed by atoms with Gasteiger partial charge in [-0.2, -0.15) is 0 Å². The summed E-state index contributed by atoms with van der Waals surface area (Å²) in [7, 11) is 0. The molecule has 1 fully saturated rings. The number of amides is 2. The summed E-state index contributed by atoms with van der Waals surface area (Å²) in [5.41, 5.74) is 2.03.